The summed E-state index contributed by atoms with van der Waals surface area (Å²) in [4.78, 5) is 35.6. The molecule has 3 unspecified atom stereocenters. The first-order chi connectivity index (χ1) is 30.9. The fraction of sp³-hybridized carbons (Fsp3) is 0.176. The Bertz CT molecular complexity index is 2740. The van der Waals surface area contributed by atoms with Crippen LogP contribution < -0.4 is 0 Å². The van der Waals surface area contributed by atoms with Crippen LogP contribution in [0.25, 0.3) is 0 Å². The van der Waals surface area contributed by atoms with Gasteiger partial charge in [0.05, 0.1) is 35.3 Å². The minimum Gasteiger partial charge on any atom is -0.273 e. The molecule has 9 nitrogen and oxygen atoms in total. The van der Waals surface area contributed by atoms with E-state index in [1.54, 1.807) is 16.9 Å². The molecule has 0 aliphatic carbocycles. The van der Waals surface area contributed by atoms with Crippen molar-refractivity contribution in [2.24, 2.45) is 15.3 Å². The zero-order valence-electron chi connectivity index (χ0n) is 35.3. The van der Waals surface area contributed by atoms with E-state index in [1.807, 2.05) is 140 Å². The van der Waals surface area contributed by atoms with Crippen molar-refractivity contribution >= 4 is 58.1 Å². The van der Waals surface area contributed by atoms with Crippen LogP contribution in [0.2, 0.25) is 10.0 Å². The normalized spacial score (nSPS) is 17.6. The molecule has 324 valence electrons. The number of benzene rings is 6. The molecule has 13 heteroatoms. The molecule has 9 rings (SSSR count). The quantitative estimate of drug-likeness (QED) is 0.166. The molecule has 0 saturated carbocycles. The third-order valence-corrected chi connectivity index (χ3v) is 11.4. The van der Waals surface area contributed by atoms with Crippen molar-refractivity contribution in [3.8, 4) is 0 Å². The van der Waals surface area contributed by atoms with Gasteiger partial charge in [-0.15, -0.1) is 0 Å². The molecule has 64 heavy (non-hydrogen) atoms. The Morgan fingerprint density at radius 2 is 0.906 bits per heavy atom. The van der Waals surface area contributed by atoms with Crippen LogP contribution in [0, 0.1) is 11.6 Å². The number of hydrogen-bond acceptors (Lipinski definition) is 6. The second kappa shape index (κ2) is 20.6. The summed E-state index contributed by atoms with van der Waals surface area (Å²) in [5.74, 6) is -1.43. The van der Waals surface area contributed by atoms with E-state index in [1.165, 1.54) is 18.9 Å². The summed E-state index contributed by atoms with van der Waals surface area (Å²) in [5.41, 5.74) is 7.16. The van der Waals surface area contributed by atoms with Crippen LogP contribution in [0.4, 0.5) is 8.78 Å². The molecule has 0 bridgehead atoms. The predicted octanol–water partition coefficient (Wildman–Crippen LogP) is 11.7. The fourth-order valence-electron chi connectivity index (χ4n) is 7.79. The minimum absolute atomic E-state index is 0.0438. The highest BCUT2D eigenvalue weighted by molar-refractivity contribution is 6.34. The molecule has 0 saturated heterocycles. The summed E-state index contributed by atoms with van der Waals surface area (Å²) in [7, 11) is 0. The molecular weight excluding hydrogens is 854 g/mol. The molecule has 3 atom stereocenters. The summed E-state index contributed by atoms with van der Waals surface area (Å²) in [6.07, 6.45) is 1.72. The molecule has 3 aliphatic heterocycles. The highest BCUT2D eigenvalue weighted by Gasteiger charge is 2.34. The zero-order valence-corrected chi connectivity index (χ0v) is 36.8. The molecule has 0 radical (unpaired) electrons. The van der Waals surface area contributed by atoms with Crippen LogP contribution >= 0.6 is 23.2 Å². The second-order valence-electron chi connectivity index (χ2n) is 15.2. The van der Waals surface area contributed by atoms with Crippen LogP contribution in [-0.2, 0) is 14.4 Å². The van der Waals surface area contributed by atoms with E-state index >= 15 is 0 Å². The van der Waals surface area contributed by atoms with Gasteiger partial charge in [-0.2, -0.15) is 15.3 Å². The van der Waals surface area contributed by atoms with Crippen molar-refractivity contribution in [1.29, 1.82) is 0 Å². The van der Waals surface area contributed by atoms with Crippen molar-refractivity contribution in [3.63, 3.8) is 0 Å². The van der Waals surface area contributed by atoms with Gasteiger partial charge in [-0.3, -0.25) is 14.4 Å². The van der Waals surface area contributed by atoms with Crippen molar-refractivity contribution < 1.29 is 23.2 Å². The Morgan fingerprint density at radius 1 is 0.484 bits per heavy atom. The second-order valence-corrected chi connectivity index (χ2v) is 16.1. The van der Waals surface area contributed by atoms with Gasteiger partial charge < -0.3 is 0 Å². The van der Waals surface area contributed by atoms with Crippen molar-refractivity contribution in [2.45, 2.75) is 58.2 Å². The third-order valence-electron chi connectivity index (χ3n) is 10.8. The third kappa shape index (κ3) is 10.7. The minimum atomic E-state index is -0.544. The Kier molecular flexibility index (Phi) is 14.5. The summed E-state index contributed by atoms with van der Waals surface area (Å²) >= 11 is 12.3. The summed E-state index contributed by atoms with van der Waals surface area (Å²) in [6.45, 7) is 4.49. The van der Waals surface area contributed by atoms with Gasteiger partial charge >= 0.3 is 0 Å². The maximum atomic E-state index is 13.9. The molecule has 0 aromatic heterocycles. The first kappa shape index (κ1) is 45.2. The van der Waals surface area contributed by atoms with Crippen LogP contribution in [-0.4, -0.2) is 49.9 Å². The maximum absolute atomic E-state index is 13.9. The van der Waals surface area contributed by atoms with Crippen molar-refractivity contribution in [2.75, 3.05) is 0 Å². The molecule has 3 heterocycles. The Labute approximate surface area is 380 Å². The lowest BCUT2D eigenvalue weighted by molar-refractivity contribution is -0.131. The van der Waals surface area contributed by atoms with E-state index in [2.05, 4.69) is 15.3 Å². The average Bonchev–Trinajstić information content (AvgIpc) is 4.08. The monoisotopic (exact) mass is 896 g/mol. The van der Waals surface area contributed by atoms with Crippen LogP contribution in [0.1, 0.15) is 91.5 Å². The number of hydrogen-bond donors (Lipinski definition) is 0. The highest BCUT2D eigenvalue weighted by atomic mass is 35.5. The van der Waals surface area contributed by atoms with Crippen molar-refractivity contribution in [1.82, 2.24) is 15.0 Å². The number of nitrogens with zero attached hydrogens (tertiary/aromatic N) is 6. The lowest BCUT2D eigenvalue weighted by atomic mass is 9.98. The molecule has 0 N–H and O–H groups in total. The topological polar surface area (TPSA) is 98.0 Å². The molecule has 6 aromatic carbocycles. The number of amides is 3. The predicted molar refractivity (Wildman–Crippen MR) is 248 cm³/mol. The molecule has 0 spiro atoms. The van der Waals surface area contributed by atoms with E-state index < -0.39 is 11.6 Å². The van der Waals surface area contributed by atoms with Gasteiger partial charge in [0, 0.05) is 61.2 Å². The van der Waals surface area contributed by atoms with Gasteiger partial charge in [-0.25, -0.2) is 23.8 Å². The molecule has 3 amide bonds. The zero-order chi connectivity index (χ0) is 45.3. The van der Waals surface area contributed by atoms with E-state index in [4.69, 9.17) is 23.2 Å². The molecule has 0 fully saturated rings. The molecular formula is C51H44Cl2F2N6O3. The van der Waals surface area contributed by atoms with E-state index in [0.29, 0.717) is 35.0 Å². The van der Waals surface area contributed by atoms with Crippen LogP contribution in [0.15, 0.2) is 173 Å². The largest absolute Gasteiger partial charge is 0.273 e. The number of carbonyl (C=O) groups is 3. The van der Waals surface area contributed by atoms with Gasteiger partial charge in [0.2, 0.25) is 17.7 Å². The van der Waals surface area contributed by atoms with Crippen LogP contribution in [0.5, 0.6) is 0 Å². The number of halogens is 4. The maximum Gasteiger partial charge on any atom is 0.240 e. The van der Waals surface area contributed by atoms with Gasteiger partial charge in [-0.1, -0.05) is 145 Å². The van der Waals surface area contributed by atoms with E-state index in [0.717, 1.165) is 57.4 Å². The summed E-state index contributed by atoms with van der Waals surface area (Å²) < 4.78 is 27.3. The lowest BCUT2D eigenvalue weighted by Gasteiger charge is -2.20. The number of hydrazone groups is 3. The molecule has 3 aliphatic rings. The first-order valence-electron chi connectivity index (χ1n) is 20.6. The van der Waals surface area contributed by atoms with E-state index in [9.17, 15) is 23.2 Å². The van der Waals surface area contributed by atoms with Gasteiger partial charge in [0.1, 0.15) is 11.6 Å². The Morgan fingerprint density at radius 3 is 1.36 bits per heavy atom. The average molecular weight is 898 g/mol. The van der Waals surface area contributed by atoms with E-state index in [-0.39, 0.29) is 41.4 Å². The summed E-state index contributed by atoms with van der Waals surface area (Å²) in [5, 5.41) is 19.0. The van der Waals surface area contributed by atoms with Gasteiger partial charge in [0.25, 0.3) is 0 Å². The summed E-state index contributed by atoms with van der Waals surface area (Å²) in [6, 6.07) is 47.3. The smallest absolute Gasteiger partial charge is 0.240 e. The first-order valence-corrected chi connectivity index (χ1v) is 21.4. The SMILES string of the molecule is CC(=O)N1N=C(c2cc(F)ccc2F)CC1c1ccccc1.CC(=O)N1N=C(c2cccc(Cl)c2)CC1c1ccccc1.CC(=O)N1N=C(c2ccccc2Cl)CC1c1ccccc1. The lowest BCUT2D eigenvalue weighted by Crippen LogP contribution is -2.24. The Hall–Kier alpha value is -6.82. The van der Waals surface area contributed by atoms with Gasteiger partial charge in [0.15, 0.2) is 0 Å². The number of carbonyl (C=O) groups excluding carboxylic acids is 3. The standard InChI is InChI=1S/2C17H15ClN2O.C17H14F2N2O/c1-12(21)20-17(13-7-3-2-4-8-13)11-16(19-20)14-9-5-6-10-15(14)18;1-12(21)20-17(13-6-3-2-4-7-13)11-16(19-20)14-8-5-9-15(18)10-14;1-11(22)21-17(12-5-3-2-4-6-12)10-16(20-21)14-9-13(18)7-8-15(14)19/h2*2-10,17H,11H2,1H3;2-9,17H,10H2,1H3. The highest BCUT2D eigenvalue weighted by Crippen LogP contribution is 2.36. The Balaban J connectivity index is 0.000000144. The number of rotatable bonds is 6. The van der Waals surface area contributed by atoms with Crippen molar-refractivity contribution in [3.05, 3.63) is 213 Å². The fourth-order valence-corrected chi connectivity index (χ4v) is 8.22. The molecule has 6 aromatic rings. The van der Waals surface area contributed by atoms with Crippen LogP contribution in [0.3, 0.4) is 0 Å². The van der Waals surface area contributed by atoms with Gasteiger partial charge in [-0.05, 0) is 58.7 Å².